The van der Waals surface area contributed by atoms with E-state index in [4.69, 9.17) is 0 Å². The largest absolute Gasteiger partial charge is 4.00 e. The molecule has 0 aromatic heterocycles. The first-order valence-corrected chi connectivity index (χ1v) is 8.62. The normalized spacial score (nSPS) is 19.8. The predicted octanol–water partition coefficient (Wildman–Crippen LogP) is 1.01. The molecule has 0 amide bonds. The van der Waals surface area contributed by atoms with Gasteiger partial charge in [-0.1, -0.05) is 79.1 Å². The Labute approximate surface area is 188 Å². The summed E-state index contributed by atoms with van der Waals surface area (Å²) in [5.41, 5.74) is 9.07. The van der Waals surface area contributed by atoms with Crippen molar-refractivity contribution in [1.29, 1.82) is 0 Å². The van der Waals surface area contributed by atoms with Crippen molar-refractivity contribution in [2.24, 2.45) is 10.8 Å². The van der Waals surface area contributed by atoms with Crippen LogP contribution in [0.15, 0.2) is 33.4 Å². The van der Waals surface area contributed by atoms with Gasteiger partial charge in [0.15, 0.2) is 0 Å². The molecule has 0 unspecified atom stereocenters. The smallest absolute Gasteiger partial charge is 1.00 e. The van der Waals surface area contributed by atoms with E-state index in [1.54, 1.807) is 0 Å². The molecule has 25 heavy (non-hydrogen) atoms. The van der Waals surface area contributed by atoms with Crippen molar-refractivity contribution in [2.45, 2.75) is 82.1 Å². The van der Waals surface area contributed by atoms with Crippen molar-refractivity contribution in [3.05, 3.63) is 45.6 Å². The summed E-state index contributed by atoms with van der Waals surface area (Å²) in [5.74, 6) is 0. The summed E-state index contributed by atoms with van der Waals surface area (Å²) in [5, 5.41) is 0. The van der Waals surface area contributed by atoms with Gasteiger partial charge in [-0.15, -0.1) is 13.8 Å². The van der Waals surface area contributed by atoms with Crippen molar-refractivity contribution in [3.8, 4) is 0 Å². The van der Waals surface area contributed by atoms with Crippen molar-refractivity contribution >= 4 is 0 Å². The molecule has 0 saturated carbocycles. The van der Waals surface area contributed by atoms with Crippen LogP contribution in [0.25, 0.3) is 0 Å². The Morgan fingerprint density at radius 1 is 0.640 bits per heavy atom. The molecule has 0 radical (unpaired) electrons. The Bertz CT molecular complexity index is 521. The summed E-state index contributed by atoms with van der Waals surface area (Å²) in [6.07, 6.45) is 9.28. The molecule has 2 aliphatic carbocycles. The summed E-state index contributed by atoms with van der Waals surface area (Å²) in [6, 6.07) is 0. The Morgan fingerprint density at radius 3 is 0.960 bits per heavy atom. The van der Waals surface area contributed by atoms with Crippen molar-refractivity contribution in [3.63, 3.8) is 0 Å². The van der Waals surface area contributed by atoms with Gasteiger partial charge in [-0.05, 0) is 0 Å². The summed E-state index contributed by atoms with van der Waals surface area (Å²) in [4.78, 5) is 0. The van der Waals surface area contributed by atoms with Gasteiger partial charge in [0.1, 0.15) is 0 Å². The summed E-state index contributed by atoms with van der Waals surface area (Å²) >= 11 is 0. The zero-order valence-corrected chi connectivity index (χ0v) is 21.6. The van der Waals surface area contributed by atoms with E-state index < -0.39 is 0 Å². The van der Waals surface area contributed by atoms with E-state index in [2.05, 4.69) is 81.4 Å². The van der Waals surface area contributed by atoms with Crippen LogP contribution in [0.3, 0.4) is 0 Å². The van der Waals surface area contributed by atoms with Gasteiger partial charge < -0.3 is 24.8 Å². The summed E-state index contributed by atoms with van der Waals surface area (Å²) in [7, 11) is 0. The topological polar surface area (TPSA) is 0 Å². The zero-order valence-electron chi connectivity index (χ0n) is 17.7. The van der Waals surface area contributed by atoms with Gasteiger partial charge in [0.2, 0.25) is 0 Å². The average Bonchev–Trinajstić information content (AvgIpc) is 2.78. The molecule has 0 N–H and O–H groups in total. The van der Waals surface area contributed by atoms with E-state index in [1.807, 2.05) is 0 Å². The zero-order chi connectivity index (χ0) is 17.3. The molecular formula is C22H34Cl2Zr. The van der Waals surface area contributed by atoms with Crippen molar-refractivity contribution in [2.75, 3.05) is 0 Å². The molecule has 0 heterocycles. The molecule has 0 bridgehead atoms. The molecule has 0 aliphatic heterocycles. The van der Waals surface area contributed by atoms with Crippen LogP contribution >= 0.6 is 0 Å². The number of rotatable bonds is 2. The third kappa shape index (κ3) is 6.82. The Kier molecular flexibility index (Phi) is 13.6. The standard InChI is InChI=1S/2C11H17.2ClH.Zr/c2*1-6-10-7-11(4,5)9(3)8(10)2;;;/h2*6H2,1-5H3;2*1H;/q2*-1;;;+4/p-2. The molecule has 140 valence electrons. The number of hydrogen-bond donors (Lipinski definition) is 0. The van der Waals surface area contributed by atoms with Crippen LogP contribution in [0.1, 0.15) is 82.1 Å². The van der Waals surface area contributed by atoms with Gasteiger partial charge >= 0.3 is 26.2 Å². The van der Waals surface area contributed by atoms with Crippen LogP contribution in [-0.4, -0.2) is 0 Å². The van der Waals surface area contributed by atoms with Gasteiger partial charge in [0.25, 0.3) is 0 Å². The van der Waals surface area contributed by atoms with Crippen LogP contribution < -0.4 is 24.8 Å². The minimum absolute atomic E-state index is 0. The van der Waals surface area contributed by atoms with Gasteiger partial charge in [0.05, 0.1) is 0 Å². The third-order valence-corrected chi connectivity index (χ3v) is 5.54. The molecule has 0 aromatic rings. The van der Waals surface area contributed by atoms with Crippen LogP contribution in [0.2, 0.25) is 0 Å². The van der Waals surface area contributed by atoms with E-state index in [-0.39, 0.29) is 61.8 Å². The fourth-order valence-corrected chi connectivity index (χ4v) is 3.23. The Morgan fingerprint density at radius 2 is 0.880 bits per heavy atom. The van der Waals surface area contributed by atoms with Gasteiger partial charge in [-0.3, -0.25) is 12.2 Å². The molecule has 2 aliphatic rings. The molecule has 0 fully saturated rings. The first-order chi connectivity index (χ1) is 9.97. The fraction of sp³-hybridized carbons (Fsp3) is 0.636. The van der Waals surface area contributed by atoms with Crippen LogP contribution in [0.4, 0.5) is 0 Å². The van der Waals surface area contributed by atoms with Crippen LogP contribution in [-0.2, 0) is 26.2 Å². The second-order valence-electron chi connectivity index (χ2n) is 7.66. The SMILES string of the molecule is CCC1=[C-]C(C)(C)C(C)=C1C.CCC1=[C-]C(C)(C)C(C)=C1C.[Cl-].[Cl-].[Zr+4]. The maximum absolute atomic E-state index is 3.52. The Hall–Kier alpha value is 0.423. The molecule has 2 rings (SSSR count). The van der Waals surface area contributed by atoms with E-state index in [0.717, 1.165) is 12.8 Å². The van der Waals surface area contributed by atoms with Crippen LogP contribution in [0, 0.1) is 23.0 Å². The minimum atomic E-state index is 0. The minimum Gasteiger partial charge on any atom is -1.00 e. The molecule has 3 heteroatoms. The second kappa shape index (κ2) is 11.3. The molecule has 0 spiro atoms. The van der Waals surface area contributed by atoms with Gasteiger partial charge in [-0.2, -0.15) is 22.3 Å². The fourth-order valence-electron chi connectivity index (χ4n) is 3.23. The van der Waals surface area contributed by atoms with Gasteiger partial charge in [0, 0.05) is 0 Å². The summed E-state index contributed by atoms with van der Waals surface area (Å²) in [6.45, 7) is 22.1. The maximum Gasteiger partial charge on any atom is 4.00 e. The van der Waals surface area contributed by atoms with E-state index in [9.17, 15) is 0 Å². The first kappa shape index (κ1) is 30.2. The molecule has 0 atom stereocenters. The van der Waals surface area contributed by atoms with E-state index >= 15 is 0 Å². The number of allylic oxidation sites excluding steroid dienone is 8. The maximum atomic E-state index is 3.52. The van der Waals surface area contributed by atoms with Crippen molar-refractivity contribution < 1.29 is 51.0 Å². The molecule has 0 nitrogen and oxygen atoms in total. The Balaban J connectivity index is -0.000000346. The first-order valence-electron chi connectivity index (χ1n) is 8.62. The summed E-state index contributed by atoms with van der Waals surface area (Å²) < 4.78 is 0. The second-order valence-corrected chi connectivity index (χ2v) is 7.66. The predicted molar refractivity (Wildman–Crippen MR) is 98.4 cm³/mol. The number of halogens is 2. The van der Waals surface area contributed by atoms with E-state index in [0.29, 0.717) is 0 Å². The van der Waals surface area contributed by atoms with E-state index in [1.165, 1.54) is 33.4 Å². The number of hydrogen-bond acceptors (Lipinski definition) is 0. The van der Waals surface area contributed by atoms with Crippen molar-refractivity contribution in [1.82, 2.24) is 0 Å². The third-order valence-electron chi connectivity index (χ3n) is 5.54. The van der Waals surface area contributed by atoms with Gasteiger partial charge in [-0.25, -0.2) is 11.1 Å². The monoisotopic (exact) mass is 458 g/mol. The average molecular weight is 461 g/mol. The quantitative estimate of drug-likeness (QED) is 0.540. The molecule has 0 aromatic carbocycles. The molecular weight excluding hydrogens is 426 g/mol. The van der Waals surface area contributed by atoms with Crippen LogP contribution in [0.5, 0.6) is 0 Å². The molecule has 0 saturated heterocycles.